The Morgan fingerprint density at radius 1 is 1.21 bits per heavy atom. The van der Waals surface area contributed by atoms with E-state index in [1.165, 1.54) is 25.3 Å². The number of benzene rings is 2. The molecular formula is C15H13FO3. The molecule has 0 bridgehead atoms. The first-order chi connectivity index (χ1) is 9.11. The molecule has 0 aliphatic heterocycles. The van der Waals surface area contributed by atoms with Crippen molar-refractivity contribution < 1.29 is 19.0 Å². The van der Waals surface area contributed by atoms with Crippen LogP contribution < -0.4 is 4.74 Å². The third-order valence-corrected chi connectivity index (χ3v) is 2.81. The Kier molecular flexibility index (Phi) is 3.80. The van der Waals surface area contributed by atoms with E-state index < -0.39 is 5.97 Å². The molecule has 0 fully saturated rings. The van der Waals surface area contributed by atoms with Gasteiger partial charge in [0.15, 0.2) is 0 Å². The fourth-order valence-electron chi connectivity index (χ4n) is 1.99. The molecule has 0 amide bonds. The second-order valence-electron chi connectivity index (χ2n) is 4.07. The first kappa shape index (κ1) is 13.1. The van der Waals surface area contributed by atoms with E-state index in [1.807, 2.05) is 0 Å². The van der Waals surface area contributed by atoms with Crippen LogP contribution in [0, 0.1) is 5.82 Å². The second-order valence-corrected chi connectivity index (χ2v) is 4.07. The average molecular weight is 260 g/mol. The molecule has 0 spiro atoms. The van der Waals surface area contributed by atoms with Crippen LogP contribution in [0.4, 0.5) is 4.39 Å². The fourth-order valence-corrected chi connectivity index (χ4v) is 1.99. The van der Waals surface area contributed by atoms with Crippen molar-refractivity contribution in [3.05, 3.63) is 53.8 Å². The van der Waals surface area contributed by atoms with E-state index >= 15 is 0 Å². The number of carboxylic acid groups (broad SMARTS) is 1. The summed E-state index contributed by atoms with van der Waals surface area (Å²) in [5.41, 5.74) is 1.85. The van der Waals surface area contributed by atoms with Crippen molar-refractivity contribution in [3.8, 4) is 16.9 Å². The molecule has 2 aromatic rings. The fraction of sp³-hybridized carbons (Fsp3) is 0.133. The summed E-state index contributed by atoms with van der Waals surface area (Å²) in [5, 5.41) is 8.91. The first-order valence-electron chi connectivity index (χ1n) is 5.75. The molecule has 0 heterocycles. The molecule has 0 radical (unpaired) electrons. The second kappa shape index (κ2) is 5.52. The van der Waals surface area contributed by atoms with E-state index in [0.29, 0.717) is 22.4 Å². The molecule has 0 aliphatic carbocycles. The zero-order valence-corrected chi connectivity index (χ0v) is 10.4. The van der Waals surface area contributed by atoms with Crippen LogP contribution in [0.1, 0.15) is 5.56 Å². The topological polar surface area (TPSA) is 46.5 Å². The van der Waals surface area contributed by atoms with Crippen LogP contribution in [0.5, 0.6) is 5.75 Å². The Labute approximate surface area is 110 Å². The summed E-state index contributed by atoms with van der Waals surface area (Å²) in [6, 6.07) is 11.2. The van der Waals surface area contributed by atoms with Crippen molar-refractivity contribution in [2.24, 2.45) is 0 Å². The van der Waals surface area contributed by atoms with Gasteiger partial charge in [-0.25, -0.2) is 4.39 Å². The molecule has 4 heteroatoms. The van der Waals surface area contributed by atoms with Crippen LogP contribution in [0.2, 0.25) is 0 Å². The molecule has 98 valence electrons. The lowest BCUT2D eigenvalue weighted by molar-refractivity contribution is -0.136. The number of hydrogen-bond acceptors (Lipinski definition) is 2. The number of rotatable bonds is 4. The minimum atomic E-state index is -0.928. The molecule has 0 atom stereocenters. The predicted octanol–water partition coefficient (Wildman–Crippen LogP) is 3.13. The van der Waals surface area contributed by atoms with E-state index in [1.54, 1.807) is 24.3 Å². The van der Waals surface area contributed by atoms with Crippen LogP contribution in [0.15, 0.2) is 42.5 Å². The van der Waals surface area contributed by atoms with E-state index in [2.05, 4.69) is 0 Å². The number of halogens is 1. The third-order valence-electron chi connectivity index (χ3n) is 2.81. The van der Waals surface area contributed by atoms with Gasteiger partial charge in [0.05, 0.1) is 13.5 Å². The van der Waals surface area contributed by atoms with Crippen LogP contribution in [0.3, 0.4) is 0 Å². The quantitative estimate of drug-likeness (QED) is 0.918. The Balaban J connectivity index is 2.58. The Hall–Kier alpha value is -2.36. The van der Waals surface area contributed by atoms with Gasteiger partial charge in [-0.2, -0.15) is 0 Å². The number of aliphatic carboxylic acids is 1. The molecule has 0 aromatic heterocycles. The summed E-state index contributed by atoms with van der Waals surface area (Å²) < 4.78 is 18.6. The number of methoxy groups -OCH3 is 1. The van der Waals surface area contributed by atoms with Gasteiger partial charge in [0.25, 0.3) is 0 Å². The normalized spacial score (nSPS) is 10.2. The Morgan fingerprint density at radius 2 is 1.95 bits per heavy atom. The molecule has 0 saturated heterocycles. The summed E-state index contributed by atoms with van der Waals surface area (Å²) in [7, 11) is 1.50. The van der Waals surface area contributed by atoms with Crippen LogP contribution in [0.25, 0.3) is 11.1 Å². The smallest absolute Gasteiger partial charge is 0.307 e. The monoisotopic (exact) mass is 260 g/mol. The van der Waals surface area contributed by atoms with Crippen molar-refractivity contribution in [3.63, 3.8) is 0 Å². The first-order valence-corrected chi connectivity index (χ1v) is 5.75. The highest BCUT2D eigenvalue weighted by atomic mass is 19.1. The van der Waals surface area contributed by atoms with Crippen molar-refractivity contribution in [2.75, 3.05) is 7.11 Å². The van der Waals surface area contributed by atoms with Gasteiger partial charge in [-0.1, -0.05) is 24.3 Å². The molecule has 3 nitrogen and oxygen atoms in total. The molecule has 0 saturated carbocycles. The van der Waals surface area contributed by atoms with E-state index in [4.69, 9.17) is 9.84 Å². The van der Waals surface area contributed by atoms with Gasteiger partial charge in [0, 0.05) is 5.56 Å². The minimum Gasteiger partial charge on any atom is -0.496 e. The predicted molar refractivity (Wildman–Crippen MR) is 69.7 cm³/mol. The van der Waals surface area contributed by atoms with Crippen molar-refractivity contribution in [2.45, 2.75) is 6.42 Å². The highest BCUT2D eigenvalue weighted by Gasteiger charge is 2.13. The van der Waals surface area contributed by atoms with Crippen LogP contribution in [-0.4, -0.2) is 18.2 Å². The molecule has 0 unspecified atom stereocenters. The van der Waals surface area contributed by atoms with Crippen LogP contribution >= 0.6 is 0 Å². The van der Waals surface area contributed by atoms with Crippen molar-refractivity contribution in [1.29, 1.82) is 0 Å². The maximum Gasteiger partial charge on any atom is 0.307 e. The highest BCUT2D eigenvalue weighted by molar-refractivity contribution is 5.79. The number of carbonyl (C=O) groups is 1. The summed E-state index contributed by atoms with van der Waals surface area (Å²) in [6.45, 7) is 0. The van der Waals surface area contributed by atoms with Crippen molar-refractivity contribution >= 4 is 5.97 Å². The standard InChI is InChI=1S/C15H13FO3/c1-19-14-7-6-11(16)9-13(14)12-5-3-2-4-10(12)8-15(17)18/h2-7,9H,8H2,1H3,(H,17,18). The number of hydrogen-bond donors (Lipinski definition) is 1. The van der Waals surface area contributed by atoms with Gasteiger partial charge in [-0.3, -0.25) is 4.79 Å². The van der Waals surface area contributed by atoms with E-state index in [0.717, 1.165) is 0 Å². The lowest BCUT2D eigenvalue weighted by Crippen LogP contribution is -2.02. The number of carboxylic acids is 1. The van der Waals surface area contributed by atoms with Gasteiger partial charge in [-0.05, 0) is 29.3 Å². The maximum atomic E-state index is 13.4. The summed E-state index contributed by atoms with van der Waals surface area (Å²) in [5.74, 6) is -0.803. The summed E-state index contributed by atoms with van der Waals surface area (Å²) >= 11 is 0. The SMILES string of the molecule is COc1ccc(F)cc1-c1ccccc1CC(=O)O. The van der Waals surface area contributed by atoms with Crippen molar-refractivity contribution in [1.82, 2.24) is 0 Å². The third kappa shape index (κ3) is 2.91. The molecule has 19 heavy (non-hydrogen) atoms. The number of ether oxygens (including phenoxy) is 1. The highest BCUT2D eigenvalue weighted by Crippen LogP contribution is 2.33. The lowest BCUT2D eigenvalue weighted by atomic mass is 9.97. The zero-order valence-electron chi connectivity index (χ0n) is 10.4. The Bertz CT molecular complexity index is 608. The molecule has 1 N–H and O–H groups in total. The maximum absolute atomic E-state index is 13.4. The van der Waals surface area contributed by atoms with Gasteiger partial charge in [0.1, 0.15) is 11.6 Å². The minimum absolute atomic E-state index is 0.115. The molecular weight excluding hydrogens is 247 g/mol. The van der Waals surface area contributed by atoms with Gasteiger partial charge >= 0.3 is 5.97 Å². The largest absolute Gasteiger partial charge is 0.496 e. The average Bonchev–Trinajstić information content (AvgIpc) is 2.38. The van der Waals surface area contributed by atoms with Gasteiger partial charge < -0.3 is 9.84 Å². The molecule has 2 rings (SSSR count). The van der Waals surface area contributed by atoms with E-state index in [-0.39, 0.29) is 12.2 Å². The summed E-state index contributed by atoms with van der Waals surface area (Å²) in [4.78, 5) is 10.9. The summed E-state index contributed by atoms with van der Waals surface area (Å²) in [6.07, 6.45) is -0.115. The molecule has 0 aliphatic rings. The molecule has 2 aromatic carbocycles. The van der Waals surface area contributed by atoms with Gasteiger partial charge in [0.2, 0.25) is 0 Å². The van der Waals surface area contributed by atoms with Gasteiger partial charge in [-0.15, -0.1) is 0 Å². The lowest BCUT2D eigenvalue weighted by Gasteiger charge is -2.12. The zero-order chi connectivity index (χ0) is 13.8. The Morgan fingerprint density at radius 3 is 2.63 bits per heavy atom. The van der Waals surface area contributed by atoms with E-state index in [9.17, 15) is 9.18 Å². The van der Waals surface area contributed by atoms with Crippen LogP contribution in [-0.2, 0) is 11.2 Å².